The Morgan fingerprint density at radius 2 is 1.95 bits per heavy atom. The summed E-state index contributed by atoms with van der Waals surface area (Å²) in [5.74, 6) is -1.55. The Hall–Kier alpha value is -3.86. The number of carboxylic acid groups (broad SMARTS) is 1. The van der Waals surface area contributed by atoms with E-state index in [9.17, 15) is 19.2 Å². The third-order valence-corrected chi connectivity index (χ3v) is 7.58. The molecule has 12 heteroatoms. The summed E-state index contributed by atoms with van der Waals surface area (Å²) in [6, 6.07) is 8.06. The van der Waals surface area contributed by atoms with Crippen LogP contribution in [0.5, 0.6) is 0 Å². The van der Waals surface area contributed by atoms with Crippen LogP contribution in [0.1, 0.15) is 41.6 Å². The molecule has 0 aromatic heterocycles. The summed E-state index contributed by atoms with van der Waals surface area (Å²) in [6.07, 6.45) is 0.427. The second kappa shape index (κ2) is 9.79. The lowest BCUT2D eigenvalue weighted by Gasteiger charge is -2.45. The molecule has 4 amide bonds. The third kappa shape index (κ3) is 4.73. The van der Waals surface area contributed by atoms with Gasteiger partial charge >= 0.3 is 12.2 Å². The molecule has 5 rings (SSSR count). The zero-order chi connectivity index (χ0) is 27.2. The van der Waals surface area contributed by atoms with Crippen molar-refractivity contribution in [1.82, 2.24) is 10.2 Å². The number of piperidine rings is 1. The molecule has 0 unspecified atom stereocenters. The number of ether oxygens (including phenoxy) is 1. The molecule has 0 radical (unpaired) electrons. The topological polar surface area (TPSA) is 128 Å². The Morgan fingerprint density at radius 1 is 1.24 bits per heavy atom. The lowest BCUT2D eigenvalue weighted by Crippen LogP contribution is -2.58. The quantitative estimate of drug-likeness (QED) is 0.518. The SMILES string of the molecule is CN(C(=O)O)c1ccc(C(=O)N[C@H](C(=O)N2CCC[C@@]3(C2)OC(=O)Nc2ccc(Cl)c(F)c23)C2CC2)cc1. The number of nitrogens with one attached hydrogen (secondary N) is 2. The van der Waals surface area contributed by atoms with Crippen LogP contribution in [0.4, 0.5) is 25.4 Å². The normalized spacial score (nSPS) is 21.1. The van der Waals surface area contributed by atoms with E-state index in [1.54, 1.807) is 0 Å². The number of hydrogen-bond donors (Lipinski definition) is 3. The van der Waals surface area contributed by atoms with Gasteiger partial charge in [0.05, 0.1) is 22.8 Å². The number of amides is 4. The van der Waals surface area contributed by atoms with Crippen LogP contribution in [0.2, 0.25) is 5.02 Å². The van der Waals surface area contributed by atoms with Crippen molar-refractivity contribution in [3.8, 4) is 0 Å². The van der Waals surface area contributed by atoms with Crippen LogP contribution in [-0.2, 0) is 15.1 Å². The maximum absolute atomic E-state index is 15.2. The molecule has 1 aliphatic carbocycles. The van der Waals surface area contributed by atoms with Crippen LogP contribution >= 0.6 is 11.6 Å². The molecule has 3 aliphatic rings. The third-order valence-electron chi connectivity index (χ3n) is 7.29. The van der Waals surface area contributed by atoms with Crippen molar-refractivity contribution in [2.24, 2.45) is 5.92 Å². The van der Waals surface area contributed by atoms with Gasteiger partial charge in [-0.3, -0.25) is 19.8 Å². The van der Waals surface area contributed by atoms with E-state index in [0.29, 0.717) is 25.1 Å². The lowest BCUT2D eigenvalue weighted by atomic mass is 9.82. The van der Waals surface area contributed by atoms with E-state index in [4.69, 9.17) is 21.4 Å². The van der Waals surface area contributed by atoms with Gasteiger partial charge in [-0.1, -0.05) is 11.6 Å². The van der Waals surface area contributed by atoms with Crippen molar-refractivity contribution in [2.45, 2.75) is 37.3 Å². The minimum atomic E-state index is -1.40. The number of carbonyl (C=O) groups is 4. The van der Waals surface area contributed by atoms with Crippen molar-refractivity contribution in [3.63, 3.8) is 0 Å². The van der Waals surface area contributed by atoms with Crippen LogP contribution in [0.15, 0.2) is 36.4 Å². The van der Waals surface area contributed by atoms with Crippen LogP contribution in [-0.4, -0.2) is 60.2 Å². The van der Waals surface area contributed by atoms with Gasteiger partial charge in [-0.25, -0.2) is 14.0 Å². The molecule has 2 aliphatic heterocycles. The Bertz CT molecular complexity index is 1320. The Morgan fingerprint density at radius 3 is 2.61 bits per heavy atom. The molecule has 3 N–H and O–H groups in total. The molecular formula is C26H26ClFN4O6. The molecule has 0 bridgehead atoms. The van der Waals surface area contributed by atoms with Gasteiger partial charge in [0.2, 0.25) is 5.91 Å². The first-order chi connectivity index (χ1) is 18.1. The Labute approximate surface area is 222 Å². The number of anilines is 2. The smallest absolute Gasteiger partial charge is 0.412 e. The van der Waals surface area contributed by atoms with E-state index in [-0.39, 0.29) is 40.2 Å². The summed E-state index contributed by atoms with van der Waals surface area (Å²) in [6.45, 7) is 0.289. The number of benzene rings is 2. The van der Waals surface area contributed by atoms with Crippen molar-refractivity contribution < 1.29 is 33.4 Å². The standard InChI is InChI=1S/C26H26ClFN4O6/c1-31(25(36)37)16-7-5-15(6-8-16)22(33)30-21(14-3-4-14)23(34)32-12-2-11-26(13-32)19-18(29-24(35)38-26)10-9-17(27)20(19)28/h5-10,14,21H,2-4,11-13H2,1H3,(H,29,35)(H,30,33)(H,36,37)/t21-,26-/m0/s1. The van der Waals surface area contributed by atoms with Crippen molar-refractivity contribution in [2.75, 3.05) is 30.4 Å². The fourth-order valence-electron chi connectivity index (χ4n) is 5.14. The number of rotatable bonds is 5. The van der Waals surface area contributed by atoms with E-state index in [1.165, 1.54) is 48.3 Å². The summed E-state index contributed by atoms with van der Waals surface area (Å²) < 4.78 is 20.8. The van der Waals surface area contributed by atoms with Crippen LogP contribution in [0, 0.1) is 11.7 Å². The molecule has 2 heterocycles. The molecule has 1 saturated carbocycles. The van der Waals surface area contributed by atoms with Crippen LogP contribution < -0.4 is 15.5 Å². The van der Waals surface area contributed by atoms with Crippen molar-refractivity contribution in [1.29, 1.82) is 0 Å². The summed E-state index contributed by atoms with van der Waals surface area (Å²) in [5.41, 5.74) is -0.363. The maximum Gasteiger partial charge on any atom is 0.412 e. The first kappa shape index (κ1) is 25.8. The molecule has 1 spiro atoms. The molecule has 1 saturated heterocycles. The van der Waals surface area contributed by atoms with Gasteiger partial charge in [-0.2, -0.15) is 0 Å². The molecule has 2 fully saturated rings. The molecule has 2 aromatic rings. The van der Waals surface area contributed by atoms with Crippen molar-refractivity contribution >= 4 is 47.0 Å². The predicted octanol–water partition coefficient (Wildman–Crippen LogP) is 4.18. The van der Waals surface area contributed by atoms with Gasteiger partial charge in [0.25, 0.3) is 5.91 Å². The zero-order valence-electron chi connectivity index (χ0n) is 20.5. The minimum Gasteiger partial charge on any atom is -0.465 e. The van der Waals surface area contributed by atoms with Gasteiger partial charge < -0.3 is 20.1 Å². The fraction of sp³-hybridized carbons (Fsp3) is 0.385. The predicted molar refractivity (Wildman–Crippen MR) is 136 cm³/mol. The summed E-state index contributed by atoms with van der Waals surface area (Å²) in [7, 11) is 1.39. The summed E-state index contributed by atoms with van der Waals surface area (Å²) >= 11 is 6.04. The van der Waals surface area contributed by atoms with E-state index in [0.717, 1.165) is 17.7 Å². The highest BCUT2D eigenvalue weighted by atomic mass is 35.5. The summed E-state index contributed by atoms with van der Waals surface area (Å²) in [5, 5.41) is 14.3. The highest BCUT2D eigenvalue weighted by Crippen LogP contribution is 2.45. The number of halogens is 2. The number of likely N-dealkylation sites (tertiary alicyclic amines) is 1. The number of hydrogen-bond acceptors (Lipinski definition) is 5. The maximum atomic E-state index is 15.2. The number of nitrogens with zero attached hydrogens (tertiary/aromatic N) is 2. The largest absolute Gasteiger partial charge is 0.465 e. The molecular weight excluding hydrogens is 519 g/mol. The first-order valence-corrected chi connectivity index (χ1v) is 12.6. The number of carbonyl (C=O) groups excluding carboxylic acids is 3. The highest BCUT2D eigenvalue weighted by molar-refractivity contribution is 6.31. The van der Waals surface area contributed by atoms with E-state index < -0.39 is 35.6 Å². The van der Waals surface area contributed by atoms with Crippen LogP contribution in [0.3, 0.4) is 0 Å². The van der Waals surface area contributed by atoms with Gasteiger partial charge in [-0.15, -0.1) is 0 Å². The Balaban J connectivity index is 1.36. The van der Waals surface area contributed by atoms with Gasteiger partial charge in [0, 0.05) is 24.8 Å². The minimum absolute atomic E-state index is 0.0456. The zero-order valence-corrected chi connectivity index (χ0v) is 21.3. The molecule has 2 aromatic carbocycles. The first-order valence-electron chi connectivity index (χ1n) is 12.2. The van der Waals surface area contributed by atoms with Crippen molar-refractivity contribution in [3.05, 3.63) is 58.4 Å². The average molecular weight is 545 g/mol. The monoisotopic (exact) mass is 544 g/mol. The van der Waals surface area contributed by atoms with E-state index in [1.807, 2.05) is 0 Å². The van der Waals surface area contributed by atoms with E-state index in [2.05, 4.69) is 10.6 Å². The van der Waals surface area contributed by atoms with Gasteiger partial charge in [0.15, 0.2) is 11.4 Å². The van der Waals surface area contributed by atoms with Crippen LogP contribution in [0.25, 0.3) is 0 Å². The second-order valence-corrected chi connectivity index (χ2v) is 10.2. The molecule has 10 nitrogen and oxygen atoms in total. The Kier molecular flexibility index (Phi) is 6.64. The van der Waals surface area contributed by atoms with Gasteiger partial charge in [-0.05, 0) is 68.0 Å². The van der Waals surface area contributed by atoms with E-state index >= 15 is 4.39 Å². The fourth-order valence-corrected chi connectivity index (χ4v) is 5.30. The molecule has 2 atom stereocenters. The average Bonchev–Trinajstić information content (AvgIpc) is 3.73. The lowest BCUT2D eigenvalue weighted by molar-refractivity contribution is -0.141. The second-order valence-electron chi connectivity index (χ2n) is 9.83. The number of fused-ring (bicyclic) bond motifs is 2. The molecule has 38 heavy (non-hydrogen) atoms. The molecule has 200 valence electrons. The highest BCUT2D eigenvalue weighted by Gasteiger charge is 2.50. The van der Waals surface area contributed by atoms with Gasteiger partial charge in [0.1, 0.15) is 6.04 Å². The summed E-state index contributed by atoms with van der Waals surface area (Å²) in [4.78, 5) is 52.7.